The molecule has 0 unspecified atom stereocenters. The van der Waals surface area contributed by atoms with E-state index in [9.17, 15) is 4.79 Å². The largest absolute Gasteiger partial charge is 0.462 e. The molecule has 0 amide bonds. The van der Waals surface area contributed by atoms with Gasteiger partial charge in [0.2, 0.25) is 5.82 Å². The number of aryl methyl sites for hydroxylation is 1. The minimum Gasteiger partial charge on any atom is -0.462 e. The number of carbonyl (C=O) groups is 1. The van der Waals surface area contributed by atoms with Crippen LogP contribution >= 0.6 is 0 Å². The molecule has 0 aliphatic carbocycles. The van der Waals surface area contributed by atoms with Crippen LogP contribution in [-0.4, -0.2) is 36.8 Å². The van der Waals surface area contributed by atoms with Gasteiger partial charge in [-0.2, -0.15) is 0 Å². The van der Waals surface area contributed by atoms with Crippen LogP contribution in [0.15, 0.2) is 14.9 Å². The first-order valence-electron chi connectivity index (χ1n) is 4.78. The molecule has 7 heteroatoms. The number of nitrogens with zero attached hydrogens (tertiary/aromatic N) is 4. The van der Waals surface area contributed by atoms with Gasteiger partial charge >= 0.3 is 5.97 Å². The van der Waals surface area contributed by atoms with Crippen molar-refractivity contribution < 1.29 is 14.1 Å². The molecule has 0 aliphatic rings. The number of rotatable bonds is 4. The van der Waals surface area contributed by atoms with Gasteiger partial charge in [-0.25, -0.2) is 4.79 Å². The summed E-state index contributed by atoms with van der Waals surface area (Å²) in [6.45, 7) is 3.63. The lowest BCUT2D eigenvalue weighted by Gasteiger charge is -2.01. The summed E-state index contributed by atoms with van der Waals surface area (Å²) in [7, 11) is 3.42. The number of esters is 1. The Kier molecular flexibility index (Phi) is 3.98. The molecule has 7 nitrogen and oxygen atoms in total. The Labute approximate surface area is 93.0 Å². The second-order valence-corrected chi connectivity index (χ2v) is 3.19. The van der Waals surface area contributed by atoms with Crippen LogP contribution < -0.4 is 0 Å². The van der Waals surface area contributed by atoms with Crippen LogP contribution in [0.4, 0.5) is 5.82 Å². The van der Waals surface area contributed by atoms with Gasteiger partial charge in [-0.3, -0.25) is 5.01 Å². The number of aromatic nitrogens is 1. The molecule has 0 spiro atoms. The van der Waals surface area contributed by atoms with Crippen molar-refractivity contribution in [2.75, 3.05) is 20.7 Å². The summed E-state index contributed by atoms with van der Waals surface area (Å²) in [5, 5.41) is 12.6. The van der Waals surface area contributed by atoms with Gasteiger partial charge in [-0.05, 0) is 13.8 Å². The average molecular weight is 226 g/mol. The van der Waals surface area contributed by atoms with E-state index in [0.717, 1.165) is 0 Å². The first-order chi connectivity index (χ1) is 7.56. The summed E-state index contributed by atoms with van der Waals surface area (Å²) in [4.78, 5) is 11.6. The Morgan fingerprint density at radius 3 is 2.81 bits per heavy atom. The summed E-state index contributed by atoms with van der Waals surface area (Å²) < 4.78 is 9.73. The second kappa shape index (κ2) is 5.24. The SMILES string of the molecule is CCOC(=O)c1c(N=NN(C)C)noc1C. The Hall–Kier alpha value is -1.92. The number of carbonyl (C=O) groups excluding carboxylic acids is 1. The van der Waals surface area contributed by atoms with E-state index in [4.69, 9.17) is 9.26 Å². The molecule has 0 aliphatic heterocycles. The van der Waals surface area contributed by atoms with Gasteiger partial charge < -0.3 is 9.26 Å². The summed E-state index contributed by atoms with van der Waals surface area (Å²) >= 11 is 0. The van der Waals surface area contributed by atoms with Gasteiger partial charge in [0.1, 0.15) is 0 Å². The van der Waals surface area contributed by atoms with Gasteiger partial charge in [-0.1, -0.05) is 10.4 Å². The van der Waals surface area contributed by atoms with Crippen molar-refractivity contribution >= 4 is 11.8 Å². The van der Waals surface area contributed by atoms with E-state index < -0.39 is 5.97 Å². The molecule has 1 aromatic heterocycles. The van der Waals surface area contributed by atoms with Gasteiger partial charge in [-0.15, -0.1) is 5.11 Å². The molecule has 0 aromatic carbocycles. The fourth-order valence-corrected chi connectivity index (χ4v) is 0.999. The molecule has 1 rings (SSSR count). The van der Waals surface area contributed by atoms with Gasteiger partial charge in [0.05, 0.1) is 6.61 Å². The monoisotopic (exact) mass is 226 g/mol. The van der Waals surface area contributed by atoms with Crippen LogP contribution in [0.2, 0.25) is 0 Å². The van der Waals surface area contributed by atoms with Crippen LogP contribution in [0, 0.1) is 6.92 Å². The Morgan fingerprint density at radius 2 is 2.25 bits per heavy atom. The lowest BCUT2D eigenvalue weighted by Crippen LogP contribution is -2.05. The molecule has 16 heavy (non-hydrogen) atoms. The van der Waals surface area contributed by atoms with Crippen LogP contribution in [-0.2, 0) is 4.74 Å². The van der Waals surface area contributed by atoms with Crippen molar-refractivity contribution in [3.63, 3.8) is 0 Å². The highest BCUT2D eigenvalue weighted by atomic mass is 16.5. The number of hydrogen-bond acceptors (Lipinski definition) is 6. The molecule has 88 valence electrons. The van der Waals surface area contributed by atoms with Crippen molar-refractivity contribution in [2.24, 2.45) is 10.3 Å². The average Bonchev–Trinajstić information content (AvgIpc) is 2.57. The summed E-state index contributed by atoms with van der Waals surface area (Å²) in [6.07, 6.45) is 0. The van der Waals surface area contributed by atoms with Crippen LogP contribution in [0.25, 0.3) is 0 Å². The van der Waals surface area contributed by atoms with Crippen LogP contribution in [0.1, 0.15) is 23.0 Å². The minimum atomic E-state index is -0.506. The summed E-state index contributed by atoms with van der Waals surface area (Å²) in [6, 6.07) is 0. The predicted octanol–water partition coefficient (Wildman–Crippen LogP) is 1.72. The normalized spacial score (nSPS) is 10.8. The highest BCUT2D eigenvalue weighted by Crippen LogP contribution is 2.22. The van der Waals surface area contributed by atoms with Gasteiger partial charge in [0, 0.05) is 14.1 Å². The maximum Gasteiger partial charge on any atom is 0.345 e. The maximum absolute atomic E-state index is 11.6. The highest BCUT2D eigenvalue weighted by molar-refractivity contribution is 5.94. The first-order valence-corrected chi connectivity index (χ1v) is 4.78. The predicted molar refractivity (Wildman–Crippen MR) is 55.4 cm³/mol. The number of hydrogen-bond donors (Lipinski definition) is 0. The Balaban J connectivity index is 2.98. The zero-order valence-electron chi connectivity index (χ0n) is 9.72. The lowest BCUT2D eigenvalue weighted by atomic mass is 10.2. The fraction of sp³-hybridized carbons (Fsp3) is 0.556. The highest BCUT2D eigenvalue weighted by Gasteiger charge is 2.21. The van der Waals surface area contributed by atoms with E-state index >= 15 is 0 Å². The zero-order chi connectivity index (χ0) is 12.1. The van der Waals surface area contributed by atoms with Crippen molar-refractivity contribution in [3.05, 3.63) is 11.3 Å². The molecule has 0 saturated heterocycles. The zero-order valence-corrected chi connectivity index (χ0v) is 9.72. The molecule has 1 heterocycles. The molecular weight excluding hydrogens is 212 g/mol. The molecule has 0 fully saturated rings. The second-order valence-electron chi connectivity index (χ2n) is 3.19. The quantitative estimate of drug-likeness (QED) is 0.443. The molecule has 0 saturated carbocycles. The van der Waals surface area contributed by atoms with E-state index in [0.29, 0.717) is 5.76 Å². The fourth-order valence-electron chi connectivity index (χ4n) is 0.999. The Bertz CT molecular complexity index is 397. The maximum atomic E-state index is 11.6. The third-order valence-corrected chi connectivity index (χ3v) is 1.64. The lowest BCUT2D eigenvalue weighted by molar-refractivity contribution is 0.0525. The smallest absolute Gasteiger partial charge is 0.345 e. The van der Waals surface area contributed by atoms with Crippen molar-refractivity contribution in [2.45, 2.75) is 13.8 Å². The first kappa shape index (κ1) is 12.2. The Morgan fingerprint density at radius 1 is 1.56 bits per heavy atom. The third-order valence-electron chi connectivity index (χ3n) is 1.64. The molecular formula is C9H14N4O3. The summed E-state index contributed by atoms with van der Waals surface area (Å²) in [5.74, 6) is -0.00948. The molecule has 0 bridgehead atoms. The van der Waals surface area contributed by atoms with E-state index in [1.54, 1.807) is 27.9 Å². The van der Waals surface area contributed by atoms with E-state index in [1.807, 2.05) is 0 Å². The molecule has 0 N–H and O–H groups in total. The molecule has 0 radical (unpaired) electrons. The van der Waals surface area contributed by atoms with E-state index in [1.165, 1.54) is 5.01 Å². The standard InChI is InChI=1S/C9H14N4O3/c1-5-15-9(14)7-6(2)16-11-8(7)10-12-13(3)4/h5H2,1-4H3. The van der Waals surface area contributed by atoms with E-state index in [-0.39, 0.29) is 18.0 Å². The molecule has 1 aromatic rings. The van der Waals surface area contributed by atoms with E-state index in [2.05, 4.69) is 15.5 Å². The molecule has 0 atom stereocenters. The van der Waals surface area contributed by atoms with Crippen molar-refractivity contribution in [1.82, 2.24) is 10.2 Å². The van der Waals surface area contributed by atoms with Crippen molar-refractivity contribution in [1.29, 1.82) is 0 Å². The van der Waals surface area contributed by atoms with Gasteiger partial charge in [0.25, 0.3) is 0 Å². The minimum absolute atomic E-state index is 0.129. The summed E-state index contributed by atoms with van der Waals surface area (Å²) in [5.41, 5.74) is 0.215. The van der Waals surface area contributed by atoms with Crippen LogP contribution in [0.5, 0.6) is 0 Å². The number of ether oxygens (including phenoxy) is 1. The van der Waals surface area contributed by atoms with Crippen molar-refractivity contribution in [3.8, 4) is 0 Å². The van der Waals surface area contributed by atoms with Gasteiger partial charge in [0.15, 0.2) is 11.3 Å². The topological polar surface area (TPSA) is 80.3 Å². The third kappa shape index (κ3) is 2.78. The van der Waals surface area contributed by atoms with Crippen LogP contribution in [0.3, 0.4) is 0 Å².